The maximum atomic E-state index is 14.1. The molecule has 0 aromatic heterocycles. The zero-order chi connectivity index (χ0) is 40.3. The minimum absolute atomic E-state index is 0.00143. The fourth-order valence-electron chi connectivity index (χ4n) is 7.52. The highest BCUT2D eigenvalue weighted by Crippen LogP contribution is 2.38. The van der Waals surface area contributed by atoms with Crippen LogP contribution in [-0.4, -0.2) is 42.3 Å². The predicted octanol–water partition coefficient (Wildman–Crippen LogP) is 11.8. The zero-order valence-electron chi connectivity index (χ0n) is 34.7. The molecule has 7 heteroatoms. The Morgan fingerprint density at radius 3 is 1.39 bits per heavy atom. The van der Waals surface area contributed by atoms with Gasteiger partial charge in [-0.05, 0) is 41.9 Å². The van der Waals surface area contributed by atoms with E-state index in [2.05, 4.69) is 48.6 Å². The van der Waals surface area contributed by atoms with Crippen LogP contribution in [0.1, 0.15) is 159 Å². The van der Waals surface area contributed by atoms with Crippen LogP contribution in [0.15, 0.2) is 91.0 Å². The summed E-state index contributed by atoms with van der Waals surface area (Å²) in [5, 5.41) is 13.0. The van der Waals surface area contributed by atoms with Crippen molar-refractivity contribution in [3.05, 3.63) is 108 Å². The van der Waals surface area contributed by atoms with Gasteiger partial charge in [0, 0.05) is 18.8 Å². The van der Waals surface area contributed by atoms with Gasteiger partial charge in [-0.1, -0.05) is 202 Å². The number of carbonyl (C=O) groups excluding carboxylic acids is 2. The second-order valence-corrected chi connectivity index (χ2v) is 15.9. The summed E-state index contributed by atoms with van der Waals surface area (Å²) in [7, 11) is 0. The van der Waals surface area contributed by atoms with Gasteiger partial charge in [-0.3, -0.25) is 19.7 Å². The second kappa shape index (κ2) is 27.6. The molecule has 308 valence electrons. The SMILES string of the molecule is CCCCCCCCCCCCCCCCCC(=O)OCC(CCCC(=O)O)COC(=O)C(NC(c1ccccc1)(c1ccccc1)c1ccccc1)C(C)C. The van der Waals surface area contributed by atoms with Gasteiger partial charge in [-0.15, -0.1) is 0 Å². The number of rotatable bonds is 31. The molecule has 0 aliphatic carbocycles. The lowest BCUT2D eigenvalue weighted by Crippen LogP contribution is -2.55. The fraction of sp³-hybridized carbons (Fsp3) is 0.571. The Labute approximate surface area is 338 Å². The second-order valence-electron chi connectivity index (χ2n) is 15.9. The fourth-order valence-corrected chi connectivity index (χ4v) is 7.52. The largest absolute Gasteiger partial charge is 0.481 e. The molecule has 0 fully saturated rings. The van der Waals surface area contributed by atoms with Crippen molar-refractivity contribution in [2.75, 3.05) is 13.2 Å². The first-order valence-electron chi connectivity index (χ1n) is 21.8. The lowest BCUT2D eigenvalue weighted by Gasteiger charge is -2.40. The molecule has 0 amide bonds. The summed E-state index contributed by atoms with van der Waals surface area (Å²) in [5.41, 5.74) is 2.11. The summed E-state index contributed by atoms with van der Waals surface area (Å²) in [6.45, 7) is 6.38. The van der Waals surface area contributed by atoms with Crippen LogP contribution >= 0.6 is 0 Å². The summed E-state index contributed by atoms with van der Waals surface area (Å²) in [4.78, 5) is 38.1. The zero-order valence-corrected chi connectivity index (χ0v) is 34.7. The molecule has 3 aromatic rings. The number of nitrogens with one attached hydrogen (secondary N) is 1. The highest BCUT2D eigenvalue weighted by atomic mass is 16.5. The molecule has 7 nitrogen and oxygen atoms in total. The highest BCUT2D eigenvalue weighted by Gasteiger charge is 2.41. The number of unbranched alkanes of at least 4 members (excludes halogenated alkanes) is 14. The summed E-state index contributed by atoms with van der Waals surface area (Å²) in [5.74, 6) is -1.97. The van der Waals surface area contributed by atoms with Gasteiger partial charge in [0.25, 0.3) is 0 Å². The Bertz CT molecular complexity index is 1380. The molecule has 3 aromatic carbocycles. The van der Waals surface area contributed by atoms with E-state index < -0.39 is 23.5 Å². The average Bonchev–Trinajstić information content (AvgIpc) is 3.21. The minimum atomic E-state index is -0.881. The summed E-state index contributed by atoms with van der Waals surface area (Å²) in [6, 6.07) is 29.7. The molecular formula is C49H71NO6. The van der Waals surface area contributed by atoms with E-state index in [0.29, 0.717) is 19.3 Å². The first-order valence-corrected chi connectivity index (χ1v) is 21.8. The normalized spacial score (nSPS) is 12.6. The number of ether oxygens (including phenoxy) is 2. The third kappa shape index (κ3) is 17.0. The molecule has 2 N–H and O–H groups in total. The van der Waals surface area contributed by atoms with Gasteiger partial charge >= 0.3 is 17.9 Å². The van der Waals surface area contributed by atoms with Crippen molar-refractivity contribution >= 4 is 17.9 Å². The lowest BCUT2D eigenvalue weighted by molar-refractivity contribution is -0.152. The van der Waals surface area contributed by atoms with Crippen molar-refractivity contribution in [1.82, 2.24) is 5.32 Å². The average molecular weight is 770 g/mol. The van der Waals surface area contributed by atoms with E-state index in [1.807, 2.05) is 68.4 Å². The molecule has 0 saturated heterocycles. The Morgan fingerprint density at radius 1 is 0.571 bits per heavy atom. The van der Waals surface area contributed by atoms with Crippen LogP contribution < -0.4 is 5.32 Å². The maximum absolute atomic E-state index is 14.1. The Balaban J connectivity index is 1.52. The molecule has 0 aliphatic heterocycles. The van der Waals surface area contributed by atoms with Crippen molar-refractivity contribution in [3.8, 4) is 0 Å². The molecule has 0 aliphatic rings. The quantitative estimate of drug-likeness (QED) is 0.0382. The van der Waals surface area contributed by atoms with E-state index in [-0.39, 0.29) is 37.4 Å². The van der Waals surface area contributed by atoms with E-state index in [0.717, 1.165) is 36.0 Å². The summed E-state index contributed by atoms with van der Waals surface area (Å²) < 4.78 is 11.7. The third-order valence-electron chi connectivity index (χ3n) is 10.8. The third-order valence-corrected chi connectivity index (χ3v) is 10.8. The molecule has 0 saturated carbocycles. The van der Waals surface area contributed by atoms with Crippen LogP contribution in [0.2, 0.25) is 0 Å². The van der Waals surface area contributed by atoms with Gasteiger partial charge in [0.1, 0.15) is 6.04 Å². The number of carboxylic acids is 1. The molecule has 2 unspecified atom stereocenters. The van der Waals surface area contributed by atoms with Crippen LogP contribution in [0.4, 0.5) is 0 Å². The van der Waals surface area contributed by atoms with Crippen molar-refractivity contribution in [3.63, 3.8) is 0 Å². The van der Waals surface area contributed by atoms with Crippen molar-refractivity contribution < 1.29 is 29.0 Å². The van der Waals surface area contributed by atoms with Crippen LogP contribution in [0.25, 0.3) is 0 Å². The molecule has 2 atom stereocenters. The van der Waals surface area contributed by atoms with Gasteiger partial charge < -0.3 is 14.6 Å². The van der Waals surface area contributed by atoms with Gasteiger partial charge in [0.2, 0.25) is 0 Å². The van der Waals surface area contributed by atoms with Crippen LogP contribution in [-0.2, 0) is 29.4 Å². The van der Waals surface area contributed by atoms with E-state index in [9.17, 15) is 19.5 Å². The molecule has 0 spiro atoms. The van der Waals surface area contributed by atoms with Crippen LogP contribution in [0.5, 0.6) is 0 Å². The standard InChI is InChI=1S/C49H71NO6/c1-4-5-6-7-8-9-10-11-12-13-14-15-16-17-27-37-46(53)55-38-41(29-28-36-45(51)52)39-56-48(54)47(40(2)3)50-49(42-30-21-18-22-31-42,43-32-23-19-24-33-43)44-34-25-20-26-35-44/h18-26,30-35,40-41,47,50H,4-17,27-29,36-39H2,1-3H3,(H,51,52). The minimum Gasteiger partial charge on any atom is -0.481 e. The smallest absolute Gasteiger partial charge is 0.323 e. The van der Waals surface area contributed by atoms with Crippen LogP contribution in [0.3, 0.4) is 0 Å². The van der Waals surface area contributed by atoms with Crippen molar-refractivity contribution in [2.45, 2.75) is 154 Å². The Hall–Kier alpha value is -3.97. The van der Waals surface area contributed by atoms with Gasteiger partial charge in [-0.2, -0.15) is 0 Å². The molecule has 0 radical (unpaired) electrons. The first-order chi connectivity index (χ1) is 27.3. The number of esters is 2. The van der Waals surface area contributed by atoms with E-state index >= 15 is 0 Å². The first kappa shape index (κ1) is 46.4. The Morgan fingerprint density at radius 2 is 0.982 bits per heavy atom. The molecule has 0 heterocycles. The van der Waals surface area contributed by atoms with Gasteiger partial charge in [-0.25, -0.2) is 0 Å². The van der Waals surface area contributed by atoms with E-state index in [4.69, 9.17) is 9.47 Å². The molecule has 3 rings (SSSR count). The Kier molecular flexibility index (Phi) is 22.9. The predicted molar refractivity (Wildman–Crippen MR) is 227 cm³/mol. The van der Waals surface area contributed by atoms with E-state index in [1.165, 1.54) is 77.0 Å². The number of carbonyl (C=O) groups is 3. The summed E-state index contributed by atoms with van der Waals surface area (Å²) >= 11 is 0. The van der Waals surface area contributed by atoms with Crippen molar-refractivity contribution in [1.29, 1.82) is 0 Å². The molecule has 0 bridgehead atoms. The number of aliphatic carboxylic acids is 1. The molecular weight excluding hydrogens is 699 g/mol. The topological polar surface area (TPSA) is 102 Å². The lowest BCUT2D eigenvalue weighted by atomic mass is 9.76. The highest BCUT2D eigenvalue weighted by molar-refractivity contribution is 5.77. The van der Waals surface area contributed by atoms with Crippen molar-refractivity contribution in [2.24, 2.45) is 11.8 Å². The molecule has 56 heavy (non-hydrogen) atoms. The van der Waals surface area contributed by atoms with Gasteiger partial charge in [0.15, 0.2) is 0 Å². The van der Waals surface area contributed by atoms with Gasteiger partial charge in [0.05, 0.1) is 18.8 Å². The number of benzene rings is 3. The summed E-state index contributed by atoms with van der Waals surface area (Å²) in [6.07, 6.45) is 20.2. The number of carboxylic acid groups (broad SMARTS) is 1. The number of hydrogen-bond donors (Lipinski definition) is 2. The monoisotopic (exact) mass is 770 g/mol. The van der Waals surface area contributed by atoms with Crippen LogP contribution in [0, 0.1) is 11.8 Å². The maximum Gasteiger partial charge on any atom is 0.323 e. The van der Waals surface area contributed by atoms with E-state index in [1.54, 1.807) is 0 Å². The number of hydrogen-bond acceptors (Lipinski definition) is 6.